The average Bonchev–Trinajstić information content (AvgIpc) is 3.79. The fourth-order valence-corrected chi connectivity index (χ4v) is 10.1. The first kappa shape index (κ1) is 39.3. The summed E-state index contributed by atoms with van der Waals surface area (Å²) in [5, 5.41) is 0. The van der Waals surface area contributed by atoms with Crippen molar-refractivity contribution in [1.82, 2.24) is 0 Å². The van der Waals surface area contributed by atoms with Gasteiger partial charge in [-0.3, -0.25) is 19.2 Å². The first-order valence-corrected chi connectivity index (χ1v) is 18.2. The summed E-state index contributed by atoms with van der Waals surface area (Å²) in [6.07, 6.45) is 1.35. The maximum atomic E-state index is 13.8. The van der Waals surface area contributed by atoms with Crippen LogP contribution in [0.4, 0.5) is 0 Å². The monoisotopic (exact) mass is 726 g/mol. The van der Waals surface area contributed by atoms with Crippen molar-refractivity contribution in [2.24, 2.45) is 34.0 Å². The van der Waals surface area contributed by atoms with Crippen LogP contribution in [0.15, 0.2) is 45.8 Å². The minimum atomic E-state index is -1.22. The van der Waals surface area contributed by atoms with Gasteiger partial charge in [0.05, 0.1) is 37.8 Å². The Balaban J connectivity index is 1.84. The fraction of sp³-hybridized carbons (Fsp3) is 0.675. The highest BCUT2D eigenvalue weighted by Crippen LogP contribution is 2.71. The number of allylic oxidation sites excluding steroid dienone is 2. The third-order valence-electron chi connectivity index (χ3n) is 12.6. The van der Waals surface area contributed by atoms with Crippen molar-refractivity contribution in [3.05, 3.63) is 47.0 Å². The molecule has 0 spiro atoms. The summed E-state index contributed by atoms with van der Waals surface area (Å²) in [5.74, 6) is -4.45. The number of rotatable bonds is 10. The van der Waals surface area contributed by atoms with E-state index in [9.17, 15) is 24.0 Å². The van der Waals surface area contributed by atoms with Crippen LogP contribution >= 0.6 is 0 Å². The van der Waals surface area contributed by atoms with Crippen LogP contribution in [-0.2, 0) is 52.4 Å². The summed E-state index contributed by atoms with van der Waals surface area (Å²) in [4.78, 5) is 65.5. The summed E-state index contributed by atoms with van der Waals surface area (Å²) >= 11 is 0. The molecule has 3 fully saturated rings. The number of hydrogen-bond donors (Lipinski definition) is 0. The molecular weight excluding hydrogens is 672 g/mol. The second kappa shape index (κ2) is 14.5. The zero-order valence-electron chi connectivity index (χ0n) is 32.2. The van der Waals surface area contributed by atoms with Gasteiger partial charge in [0, 0.05) is 66.8 Å². The van der Waals surface area contributed by atoms with Crippen molar-refractivity contribution < 1.29 is 56.8 Å². The highest BCUT2D eigenvalue weighted by molar-refractivity contribution is 5.87. The molecule has 2 saturated carbocycles. The van der Waals surface area contributed by atoms with Gasteiger partial charge in [0.1, 0.15) is 24.4 Å². The van der Waals surface area contributed by atoms with Crippen molar-refractivity contribution in [2.45, 2.75) is 125 Å². The van der Waals surface area contributed by atoms with Gasteiger partial charge in [-0.25, -0.2) is 4.79 Å². The molecule has 1 aromatic heterocycles. The third kappa shape index (κ3) is 6.49. The predicted molar refractivity (Wildman–Crippen MR) is 186 cm³/mol. The van der Waals surface area contributed by atoms with Crippen molar-refractivity contribution in [2.75, 3.05) is 13.2 Å². The number of carbonyl (C=O) groups is 5. The predicted octanol–water partition coefficient (Wildman–Crippen LogP) is 6.02. The lowest BCUT2D eigenvalue weighted by molar-refractivity contribution is -0.266. The lowest BCUT2D eigenvalue weighted by Crippen LogP contribution is -2.73. The van der Waals surface area contributed by atoms with Gasteiger partial charge < -0.3 is 32.8 Å². The molecule has 0 radical (unpaired) electrons. The van der Waals surface area contributed by atoms with Gasteiger partial charge in [-0.1, -0.05) is 46.3 Å². The highest BCUT2D eigenvalue weighted by atomic mass is 16.6. The van der Waals surface area contributed by atoms with Crippen LogP contribution in [0.3, 0.4) is 0 Å². The Hall–Kier alpha value is -3.93. The molecule has 0 N–H and O–H groups in total. The molecule has 5 rings (SSSR count). The smallest absolute Gasteiger partial charge is 0.333 e. The Kier molecular flexibility index (Phi) is 10.9. The van der Waals surface area contributed by atoms with E-state index in [1.807, 2.05) is 33.8 Å². The lowest BCUT2D eigenvalue weighted by Gasteiger charge is -2.66. The van der Waals surface area contributed by atoms with Gasteiger partial charge >= 0.3 is 29.8 Å². The summed E-state index contributed by atoms with van der Waals surface area (Å²) in [7, 11) is 0. The van der Waals surface area contributed by atoms with Crippen LogP contribution in [0.2, 0.25) is 0 Å². The van der Waals surface area contributed by atoms with Crippen LogP contribution < -0.4 is 0 Å². The molecule has 52 heavy (non-hydrogen) atoms. The van der Waals surface area contributed by atoms with Crippen molar-refractivity contribution >= 4 is 29.8 Å². The van der Waals surface area contributed by atoms with Crippen molar-refractivity contribution in [3.63, 3.8) is 0 Å². The SMILES string of the molecule is CC=C(C)C(=O)O[C@@H]1C[C@@H](OC(C)=O)[C@]2(C)CO[C@@H]3[C@@H](OC(=O)C(C)C)[C@@](C)(C4=C(C)[C@H](c5ccoc5)C[C@@H]4OC(C)=O)[C@H](COC(C)=O)[C@]1(C)[C@H]32. The molecule has 0 unspecified atom stereocenters. The van der Waals surface area contributed by atoms with Gasteiger partial charge in [-0.15, -0.1) is 0 Å². The topological polar surface area (TPSA) is 154 Å². The second-order valence-electron chi connectivity index (χ2n) is 16.0. The van der Waals surface area contributed by atoms with Crippen LogP contribution in [0, 0.1) is 34.0 Å². The maximum absolute atomic E-state index is 13.8. The Morgan fingerprint density at radius 2 is 1.60 bits per heavy atom. The second-order valence-corrected chi connectivity index (χ2v) is 16.0. The van der Waals surface area contributed by atoms with E-state index in [0.717, 1.165) is 16.7 Å². The largest absolute Gasteiger partial charge is 0.472 e. The Morgan fingerprint density at radius 1 is 0.923 bits per heavy atom. The molecule has 11 atom stereocenters. The van der Waals surface area contributed by atoms with E-state index in [1.165, 1.54) is 20.8 Å². The number of furan rings is 1. The minimum Gasteiger partial charge on any atom is -0.472 e. The van der Waals surface area contributed by atoms with Crippen molar-refractivity contribution in [1.29, 1.82) is 0 Å². The molecule has 2 heterocycles. The number of carbonyl (C=O) groups excluding carboxylic acids is 5. The van der Waals surface area contributed by atoms with Crippen molar-refractivity contribution in [3.8, 4) is 0 Å². The molecule has 286 valence electrons. The van der Waals surface area contributed by atoms with Gasteiger partial charge in [-0.05, 0) is 44.4 Å². The van der Waals surface area contributed by atoms with E-state index in [2.05, 4.69) is 0 Å². The average molecular weight is 727 g/mol. The molecular formula is C40H54O12. The molecule has 1 aliphatic heterocycles. The third-order valence-corrected chi connectivity index (χ3v) is 12.6. The standard InChI is InChI=1S/C40H54O12/c1-12-21(4)37(45)51-31-16-30(50-25(8)43)38(9)19-48-33-34(38)39(31,10)29(18-47-23(6)41)40(11,35(33)52-36(44)20(2)3)32-22(5)27(26-13-14-46-17-26)15-28(32)49-24(7)42/h12-14,17,20,27-31,33-35H,15-16,18-19H2,1-11H3/t27-,28+,29-,30-,31-,33+,34-,35-,38+,39+,40-/m1/s1. The summed E-state index contributed by atoms with van der Waals surface area (Å²) in [6, 6.07) is 1.87. The van der Waals surface area contributed by atoms with Gasteiger partial charge in [0.25, 0.3) is 0 Å². The van der Waals surface area contributed by atoms with Crippen LogP contribution in [0.5, 0.6) is 0 Å². The normalized spacial score (nSPS) is 37.0. The van der Waals surface area contributed by atoms with E-state index in [0.29, 0.717) is 12.0 Å². The first-order chi connectivity index (χ1) is 24.3. The Morgan fingerprint density at radius 3 is 2.15 bits per heavy atom. The number of esters is 5. The Labute approximate surface area is 305 Å². The van der Waals surface area contributed by atoms with E-state index in [1.54, 1.807) is 46.3 Å². The molecule has 12 heteroatoms. The van der Waals surface area contributed by atoms with E-state index < -0.39 is 94.4 Å². The van der Waals surface area contributed by atoms with Gasteiger partial charge in [0.15, 0.2) is 0 Å². The first-order valence-electron chi connectivity index (χ1n) is 18.2. The zero-order chi connectivity index (χ0) is 38.5. The molecule has 12 nitrogen and oxygen atoms in total. The van der Waals surface area contributed by atoms with Gasteiger partial charge in [-0.2, -0.15) is 0 Å². The quantitative estimate of drug-likeness (QED) is 0.120. The molecule has 3 aliphatic carbocycles. The summed E-state index contributed by atoms with van der Waals surface area (Å²) < 4.78 is 43.3. The Bertz CT molecular complexity index is 1640. The number of ether oxygens (including phenoxy) is 6. The van der Waals surface area contributed by atoms with Crippen LogP contribution in [0.1, 0.15) is 100 Å². The van der Waals surface area contributed by atoms with Gasteiger partial charge in [0.2, 0.25) is 0 Å². The van der Waals surface area contributed by atoms with E-state index in [4.69, 9.17) is 32.8 Å². The highest BCUT2D eigenvalue weighted by Gasteiger charge is 2.77. The van der Waals surface area contributed by atoms with E-state index >= 15 is 0 Å². The minimum absolute atomic E-state index is 0.147. The molecule has 4 aliphatic rings. The molecule has 0 amide bonds. The number of hydrogen-bond acceptors (Lipinski definition) is 12. The van der Waals surface area contributed by atoms with Crippen LogP contribution in [0.25, 0.3) is 0 Å². The van der Waals surface area contributed by atoms with Crippen LogP contribution in [-0.4, -0.2) is 73.6 Å². The summed E-state index contributed by atoms with van der Waals surface area (Å²) in [6.45, 7) is 18.9. The molecule has 0 aromatic carbocycles. The maximum Gasteiger partial charge on any atom is 0.333 e. The molecule has 0 bridgehead atoms. The summed E-state index contributed by atoms with van der Waals surface area (Å²) in [5.41, 5.74) is -0.187. The zero-order valence-corrected chi connectivity index (χ0v) is 32.2. The lowest BCUT2D eigenvalue weighted by atomic mass is 9.40. The molecule has 1 aromatic rings. The fourth-order valence-electron chi connectivity index (χ4n) is 10.1. The molecule has 1 saturated heterocycles. The van der Waals surface area contributed by atoms with E-state index in [-0.39, 0.29) is 25.6 Å².